The minimum absolute atomic E-state index is 0.0892. The lowest BCUT2D eigenvalue weighted by molar-refractivity contribution is 0.108. The second-order valence-corrected chi connectivity index (χ2v) is 8.61. The third-order valence-corrected chi connectivity index (χ3v) is 5.61. The van der Waals surface area contributed by atoms with E-state index < -0.39 is 0 Å². The van der Waals surface area contributed by atoms with Gasteiger partial charge in [-0.1, -0.05) is 39.0 Å². The molecule has 0 saturated carbocycles. The zero-order chi connectivity index (χ0) is 18.1. The lowest BCUT2D eigenvalue weighted by Gasteiger charge is -2.22. The van der Waals surface area contributed by atoms with Gasteiger partial charge in [-0.25, -0.2) is 0 Å². The van der Waals surface area contributed by atoms with Gasteiger partial charge in [0.05, 0.1) is 7.11 Å². The largest absolute Gasteiger partial charge is 0.497 e. The Labute approximate surface area is 147 Å². The summed E-state index contributed by atoms with van der Waals surface area (Å²) in [5, 5.41) is 1.08. The first-order chi connectivity index (χ1) is 11.1. The predicted molar refractivity (Wildman–Crippen MR) is 105 cm³/mol. The molecule has 0 aliphatic carbocycles. The van der Waals surface area contributed by atoms with Crippen LogP contribution >= 0.6 is 8.58 Å². The summed E-state index contributed by atoms with van der Waals surface area (Å²) in [6, 6.07) is 10.2. The van der Waals surface area contributed by atoms with E-state index in [2.05, 4.69) is 32.9 Å². The Morgan fingerprint density at radius 2 is 1.54 bits per heavy atom. The Kier molecular flexibility index (Phi) is 5.50. The maximum Gasteiger partial charge on any atom is 0.186 e. The Hall–Kier alpha value is -1.66. The molecule has 1 unspecified atom stereocenters. The molecule has 0 saturated heterocycles. The lowest BCUT2D eigenvalue weighted by atomic mass is 9.84. The van der Waals surface area contributed by atoms with Crippen molar-refractivity contribution in [3.8, 4) is 5.75 Å². The maximum atomic E-state index is 12.9. The number of aryl methyl sites for hydroxylation is 3. The van der Waals surface area contributed by atoms with E-state index in [1.807, 2.05) is 39.0 Å². The Morgan fingerprint density at radius 3 is 2.00 bits per heavy atom. The van der Waals surface area contributed by atoms with E-state index in [9.17, 15) is 4.79 Å². The molecule has 2 rings (SSSR count). The first-order valence-corrected chi connectivity index (χ1v) is 9.21. The quantitative estimate of drug-likeness (QED) is 0.726. The fourth-order valence-electron chi connectivity index (χ4n) is 2.84. The first-order valence-electron chi connectivity index (χ1n) is 8.21. The molecule has 0 aliphatic rings. The van der Waals surface area contributed by atoms with E-state index in [1.54, 1.807) is 7.11 Å². The molecule has 2 aromatic rings. The molecule has 0 bridgehead atoms. The molecule has 0 aliphatic heterocycles. The summed E-state index contributed by atoms with van der Waals surface area (Å²) >= 11 is 0. The third-order valence-electron chi connectivity index (χ3n) is 4.31. The normalized spacial score (nSPS) is 12.0. The van der Waals surface area contributed by atoms with Gasteiger partial charge in [0.15, 0.2) is 5.52 Å². The van der Waals surface area contributed by atoms with Crippen molar-refractivity contribution in [1.29, 1.82) is 0 Å². The number of benzene rings is 2. The molecule has 2 aromatic carbocycles. The van der Waals surface area contributed by atoms with Crippen molar-refractivity contribution < 1.29 is 9.53 Å². The number of carbonyl (C=O) groups excluding carboxylic acids is 1. The molecule has 0 heterocycles. The predicted octanol–water partition coefficient (Wildman–Crippen LogP) is 5.06. The first kappa shape index (κ1) is 18.7. The van der Waals surface area contributed by atoms with E-state index in [4.69, 9.17) is 4.74 Å². The molecule has 1 atom stereocenters. The summed E-state index contributed by atoms with van der Waals surface area (Å²) < 4.78 is 5.24. The van der Waals surface area contributed by atoms with Crippen LogP contribution in [0.25, 0.3) is 0 Å². The van der Waals surface area contributed by atoms with Crippen LogP contribution in [0.1, 0.15) is 53.4 Å². The summed E-state index contributed by atoms with van der Waals surface area (Å²) in [6.07, 6.45) is 0. The molecular formula is C21H27O2P. The summed E-state index contributed by atoms with van der Waals surface area (Å²) in [5.41, 5.74) is 5.69. The number of carbonyl (C=O) groups is 1. The Bertz CT molecular complexity index is 747. The van der Waals surface area contributed by atoms with Crippen LogP contribution in [0.2, 0.25) is 0 Å². The Balaban J connectivity index is 2.34. The van der Waals surface area contributed by atoms with Gasteiger partial charge in [-0.3, -0.25) is 4.79 Å². The van der Waals surface area contributed by atoms with Gasteiger partial charge in [0, 0.05) is 5.56 Å². The summed E-state index contributed by atoms with van der Waals surface area (Å²) in [4.78, 5) is 12.9. The van der Waals surface area contributed by atoms with Crippen LogP contribution in [0.3, 0.4) is 0 Å². The number of hydrogen-bond donors (Lipinski definition) is 0. The molecule has 0 aromatic heterocycles. The number of ether oxygens (including phenoxy) is 1. The summed E-state index contributed by atoms with van der Waals surface area (Å²) in [5.74, 6) is 0.829. The molecule has 0 N–H and O–H groups in total. The topological polar surface area (TPSA) is 26.3 Å². The second kappa shape index (κ2) is 7.07. The van der Waals surface area contributed by atoms with Crippen LogP contribution in [0, 0.1) is 20.8 Å². The average Bonchev–Trinajstić information content (AvgIpc) is 2.47. The SMILES string of the molecule is COc1ccc(PC(=O)c2c(C)cc(C(C)(C)C)cc2C)c(C)c1. The molecule has 0 fully saturated rings. The molecule has 3 heteroatoms. The van der Waals surface area contributed by atoms with Crippen molar-refractivity contribution in [3.63, 3.8) is 0 Å². The van der Waals surface area contributed by atoms with Crippen LogP contribution in [0.5, 0.6) is 5.75 Å². The van der Waals surface area contributed by atoms with Crippen LogP contribution in [0.4, 0.5) is 0 Å². The van der Waals surface area contributed by atoms with Crippen LogP contribution in [-0.4, -0.2) is 12.6 Å². The van der Waals surface area contributed by atoms with Crippen molar-refractivity contribution >= 4 is 19.4 Å². The molecule has 0 radical (unpaired) electrons. The number of rotatable bonds is 4. The monoisotopic (exact) mass is 342 g/mol. The highest BCUT2D eigenvalue weighted by Gasteiger charge is 2.19. The minimum atomic E-state index is 0.0892. The molecular weight excluding hydrogens is 315 g/mol. The van der Waals surface area contributed by atoms with E-state index in [0.717, 1.165) is 33.3 Å². The smallest absolute Gasteiger partial charge is 0.186 e. The average molecular weight is 342 g/mol. The van der Waals surface area contributed by atoms with Crippen LogP contribution in [0.15, 0.2) is 30.3 Å². The number of hydrogen-bond acceptors (Lipinski definition) is 2. The molecule has 0 spiro atoms. The lowest BCUT2D eigenvalue weighted by Crippen LogP contribution is -2.14. The van der Waals surface area contributed by atoms with Gasteiger partial charge in [0.1, 0.15) is 5.75 Å². The zero-order valence-corrected chi connectivity index (χ0v) is 16.7. The van der Waals surface area contributed by atoms with Crippen molar-refractivity contribution in [1.82, 2.24) is 0 Å². The number of methoxy groups -OCH3 is 1. The molecule has 0 amide bonds. The molecule has 2 nitrogen and oxygen atoms in total. The second-order valence-electron chi connectivity index (χ2n) is 7.37. The van der Waals surface area contributed by atoms with E-state index in [1.165, 1.54) is 5.56 Å². The van der Waals surface area contributed by atoms with Gasteiger partial charge < -0.3 is 4.74 Å². The highest BCUT2D eigenvalue weighted by molar-refractivity contribution is 7.66. The maximum absolute atomic E-state index is 12.9. The third kappa shape index (κ3) is 4.05. The van der Waals surface area contributed by atoms with Crippen LogP contribution < -0.4 is 10.0 Å². The van der Waals surface area contributed by atoms with Crippen molar-refractivity contribution in [2.45, 2.75) is 47.0 Å². The van der Waals surface area contributed by atoms with Crippen molar-refractivity contribution in [2.75, 3.05) is 7.11 Å². The van der Waals surface area contributed by atoms with Gasteiger partial charge in [0.2, 0.25) is 0 Å². The van der Waals surface area contributed by atoms with Gasteiger partial charge in [0.25, 0.3) is 0 Å². The van der Waals surface area contributed by atoms with E-state index >= 15 is 0 Å². The van der Waals surface area contributed by atoms with Gasteiger partial charge in [-0.15, -0.1) is 0 Å². The van der Waals surface area contributed by atoms with Crippen molar-refractivity contribution in [2.24, 2.45) is 0 Å². The fraction of sp³-hybridized carbons (Fsp3) is 0.381. The minimum Gasteiger partial charge on any atom is -0.497 e. The fourth-order valence-corrected chi connectivity index (χ4v) is 4.04. The Morgan fingerprint density at radius 1 is 0.958 bits per heavy atom. The van der Waals surface area contributed by atoms with Crippen molar-refractivity contribution in [3.05, 3.63) is 58.1 Å². The van der Waals surface area contributed by atoms with E-state index in [-0.39, 0.29) is 19.5 Å². The van der Waals surface area contributed by atoms with Gasteiger partial charge >= 0.3 is 0 Å². The van der Waals surface area contributed by atoms with Gasteiger partial charge in [-0.05, 0) is 74.5 Å². The summed E-state index contributed by atoms with van der Waals surface area (Å²) in [7, 11) is 1.79. The standard InChI is InChI=1S/C21H27O2P/c1-13-12-17(23-7)8-9-18(13)24-20(22)19-14(2)10-16(11-15(19)3)21(4,5)6/h8-12,24H,1-7H3. The van der Waals surface area contributed by atoms with E-state index in [0.29, 0.717) is 0 Å². The zero-order valence-electron chi connectivity index (χ0n) is 15.7. The molecule has 24 heavy (non-hydrogen) atoms. The summed E-state index contributed by atoms with van der Waals surface area (Å²) in [6.45, 7) is 12.7. The van der Waals surface area contributed by atoms with Gasteiger partial charge in [-0.2, -0.15) is 0 Å². The van der Waals surface area contributed by atoms with Crippen LogP contribution in [-0.2, 0) is 5.41 Å². The highest BCUT2D eigenvalue weighted by atomic mass is 31.1. The molecule has 128 valence electrons. The highest BCUT2D eigenvalue weighted by Crippen LogP contribution is 2.31.